The lowest BCUT2D eigenvalue weighted by molar-refractivity contribution is 0.399. The minimum absolute atomic E-state index is 0.0180. The van der Waals surface area contributed by atoms with Crippen molar-refractivity contribution in [1.29, 1.82) is 0 Å². The van der Waals surface area contributed by atoms with E-state index in [-0.39, 0.29) is 24.0 Å². The second kappa shape index (κ2) is 6.20. The second-order valence-corrected chi connectivity index (χ2v) is 5.53. The Hall–Kier alpha value is -2.70. The van der Waals surface area contributed by atoms with E-state index >= 15 is 0 Å². The molecule has 0 amide bonds. The zero-order chi connectivity index (χ0) is 16.4. The molecular weight excluding hydrogens is 301 g/mol. The van der Waals surface area contributed by atoms with Crippen LogP contribution in [0.3, 0.4) is 0 Å². The third-order valence-corrected chi connectivity index (χ3v) is 3.71. The van der Waals surface area contributed by atoms with Crippen molar-refractivity contribution in [3.8, 4) is 5.88 Å². The highest BCUT2D eigenvalue weighted by Crippen LogP contribution is 2.23. The number of halogens is 1. The van der Waals surface area contributed by atoms with E-state index in [1.165, 1.54) is 18.3 Å². The number of aromatic hydroxyl groups is 1. The fourth-order valence-corrected chi connectivity index (χ4v) is 2.19. The number of aromatic amines is 1. The minimum atomic E-state index is -0.682. The maximum atomic E-state index is 12.9. The fourth-order valence-electron chi connectivity index (χ4n) is 2.19. The maximum Gasteiger partial charge on any atom is 0.331 e. The topological polar surface area (TPSA) is 87.5 Å². The van der Waals surface area contributed by atoms with E-state index in [1.807, 2.05) is 0 Å². The second-order valence-electron chi connectivity index (χ2n) is 5.53. The Bertz CT molecular complexity index is 848. The number of hydrogen-bond acceptors (Lipinski definition) is 4. The molecular formula is C16H16FN3O3. The summed E-state index contributed by atoms with van der Waals surface area (Å²) in [6, 6.07) is 6.09. The first-order valence-electron chi connectivity index (χ1n) is 7.38. The maximum absolute atomic E-state index is 12.9. The molecule has 2 N–H and O–H groups in total. The van der Waals surface area contributed by atoms with Crippen molar-refractivity contribution in [1.82, 2.24) is 9.55 Å². The van der Waals surface area contributed by atoms with Crippen LogP contribution in [0, 0.1) is 5.82 Å². The molecule has 120 valence electrons. The summed E-state index contributed by atoms with van der Waals surface area (Å²) in [7, 11) is 0. The van der Waals surface area contributed by atoms with E-state index in [1.54, 1.807) is 12.1 Å². The first-order valence-corrected chi connectivity index (χ1v) is 7.38. The number of benzene rings is 1. The molecule has 0 atom stereocenters. The van der Waals surface area contributed by atoms with Gasteiger partial charge in [-0.3, -0.25) is 19.3 Å². The van der Waals surface area contributed by atoms with Crippen LogP contribution >= 0.6 is 0 Å². The average molecular weight is 317 g/mol. The average Bonchev–Trinajstić information content (AvgIpc) is 3.32. The van der Waals surface area contributed by atoms with Crippen molar-refractivity contribution in [2.24, 2.45) is 4.99 Å². The van der Waals surface area contributed by atoms with Gasteiger partial charge in [0.25, 0.3) is 5.56 Å². The van der Waals surface area contributed by atoms with Gasteiger partial charge in [-0.05, 0) is 37.0 Å². The molecule has 23 heavy (non-hydrogen) atoms. The molecule has 1 aliphatic rings. The predicted molar refractivity (Wildman–Crippen MR) is 83.7 cm³/mol. The number of aromatic nitrogens is 2. The van der Waals surface area contributed by atoms with E-state index in [0.29, 0.717) is 6.42 Å². The molecule has 1 fully saturated rings. The van der Waals surface area contributed by atoms with E-state index in [0.717, 1.165) is 23.0 Å². The Labute approximate surface area is 130 Å². The lowest BCUT2D eigenvalue weighted by Gasteiger charge is -2.09. The highest BCUT2D eigenvalue weighted by atomic mass is 19.1. The van der Waals surface area contributed by atoms with Gasteiger partial charge in [-0.25, -0.2) is 9.18 Å². The molecule has 0 unspecified atom stereocenters. The van der Waals surface area contributed by atoms with Gasteiger partial charge in [0.2, 0.25) is 5.88 Å². The number of nitrogens with one attached hydrogen (secondary N) is 1. The minimum Gasteiger partial charge on any atom is -0.494 e. The number of rotatable bonds is 5. The molecule has 0 saturated heterocycles. The highest BCUT2D eigenvalue weighted by molar-refractivity contribution is 5.82. The SMILES string of the molecule is O=c1[nH]c(=O)n(CCc2ccc(F)cc2)c(O)c1C=NC1CC1. The lowest BCUT2D eigenvalue weighted by Crippen LogP contribution is -2.32. The number of aliphatic imine (C=N–C) groups is 1. The standard InChI is InChI=1S/C16H16FN3O3/c17-11-3-1-10(2-4-11)7-8-20-15(22)13(9-18-12-5-6-12)14(21)19-16(20)23/h1-4,9,12,22H,5-8H2,(H,19,21,23). The van der Waals surface area contributed by atoms with Crippen molar-refractivity contribution in [3.05, 3.63) is 62.0 Å². The van der Waals surface area contributed by atoms with E-state index in [2.05, 4.69) is 9.98 Å². The molecule has 1 heterocycles. The van der Waals surface area contributed by atoms with Crippen molar-refractivity contribution >= 4 is 6.21 Å². The molecule has 6 nitrogen and oxygen atoms in total. The van der Waals surface area contributed by atoms with Gasteiger partial charge in [-0.1, -0.05) is 12.1 Å². The summed E-state index contributed by atoms with van der Waals surface area (Å²) in [5, 5.41) is 10.2. The van der Waals surface area contributed by atoms with Crippen LogP contribution in [0.2, 0.25) is 0 Å². The van der Waals surface area contributed by atoms with Crippen LogP contribution < -0.4 is 11.2 Å². The van der Waals surface area contributed by atoms with Crippen LogP contribution in [0.4, 0.5) is 4.39 Å². The Balaban J connectivity index is 1.85. The molecule has 0 spiro atoms. The van der Waals surface area contributed by atoms with Gasteiger partial charge in [0.1, 0.15) is 11.4 Å². The van der Waals surface area contributed by atoms with Crippen molar-refractivity contribution in [2.75, 3.05) is 0 Å². The zero-order valence-corrected chi connectivity index (χ0v) is 12.3. The van der Waals surface area contributed by atoms with Crippen LogP contribution in [0.25, 0.3) is 0 Å². The number of hydrogen-bond donors (Lipinski definition) is 2. The normalized spacial score (nSPS) is 14.5. The van der Waals surface area contributed by atoms with Crippen molar-refractivity contribution < 1.29 is 9.50 Å². The van der Waals surface area contributed by atoms with E-state index in [4.69, 9.17) is 0 Å². The smallest absolute Gasteiger partial charge is 0.331 e. The fraction of sp³-hybridized carbons (Fsp3) is 0.312. The van der Waals surface area contributed by atoms with E-state index < -0.39 is 17.1 Å². The molecule has 1 aliphatic carbocycles. The largest absolute Gasteiger partial charge is 0.494 e. The van der Waals surface area contributed by atoms with Gasteiger partial charge in [0.15, 0.2) is 0 Å². The first-order chi connectivity index (χ1) is 11.0. The van der Waals surface area contributed by atoms with E-state index in [9.17, 15) is 19.1 Å². The van der Waals surface area contributed by atoms with Gasteiger partial charge in [0, 0.05) is 12.8 Å². The van der Waals surface area contributed by atoms with Crippen LogP contribution in [0.1, 0.15) is 24.0 Å². The van der Waals surface area contributed by atoms with Gasteiger partial charge in [0.05, 0.1) is 6.04 Å². The molecule has 0 bridgehead atoms. The van der Waals surface area contributed by atoms with Crippen molar-refractivity contribution in [2.45, 2.75) is 31.8 Å². The Morgan fingerprint density at radius 3 is 2.65 bits per heavy atom. The van der Waals surface area contributed by atoms with Gasteiger partial charge in [-0.2, -0.15) is 0 Å². The number of H-pyrrole nitrogens is 1. The molecule has 7 heteroatoms. The van der Waals surface area contributed by atoms with Gasteiger partial charge < -0.3 is 5.11 Å². The predicted octanol–water partition coefficient (Wildman–Crippen LogP) is 1.21. The Morgan fingerprint density at radius 1 is 1.30 bits per heavy atom. The Morgan fingerprint density at radius 2 is 2.00 bits per heavy atom. The summed E-state index contributed by atoms with van der Waals surface area (Å²) < 4.78 is 14.0. The monoisotopic (exact) mass is 317 g/mol. The summed E-state index contributed by atoms with van der Waals surface area (Å²) in [5.74, 6) is -0.735. The summed E-state index contributed by atoms with van der Waals surface area (Å²) >= 11 is 0. The highest BCUT2D eigenvalue weighted by Gasteiger charge is 2.20. The van der Waals surface area contributed by atoms with Crippen molar-refractivity contribution in [3.63, 3.8) is 0 Å². The van der Waals surface area contributed by atoms with Gasteiger partial charge >= 0.3 is 5.69 Å². The molecule has 0 aliphatic heterocycles. The molecule has 3 rings (SSSR count). The summed E-state index contributed by atoms with van der Waals surface area (Å²) in [4.78, 5) is 30.0. The quantitative estimate of drug-likeness (QED) is 0.813. The van der Waals surface area contributed by atoms with Crippen LogP contribution in [0.5, 0.6) is 5.88 Å². The number of nitrogens with zero attached hydrogens (tertiary/aromatic N) is 2. The molecule has 0 radical (unpaired) electrons. The lowest BCUT2D eigenvalue weighted by atomic mass is 10.1. The first kappa shape index (κ1) is 15.2. The van der Waals surface area contributed by atoms with Crippen LogP contribution in [-0.2, 0) is 13.0 Å². The molecule has 1 saturated carbocycles. The molecule has 2 aromatic rings. The summed E-state index contributed by atoms with van der Waals surface area (Å²) in [5.41, 5.74) is -0.541. The van der Waals surface area contributed by atoms with Crippen LogP contribution in [-0.4, -0.2) is 26.9 Å². The third-order valence-electron chi connectivity index (χ3n) is 3.71. The molecule has 1 aromatic carbocycles. The number of aryl methyl sites for hydroxylation is 1. The van der Waals surface area contributed by atoms with Crippen LogP contribution in [0.15, 0.2) is 38.8 Å². The summed E-state index contributed by atoms with van der Waals surface area (Å²) in [6.45, 7) is 0.164. The summed E-state index contributed by atoms with van der Waals surface area (Å²) in [6.07, 6.45) is 3.68. The van der Waals surface area contributed by atoms with Gasteiger partial charge in [-0.15, -0.1) is 0 Å². The third kappa shape index (κ3) is 3.56. The zero-order valence-electron chi connectivity index (χ0n) is 12.3. The molecule has 1 aromatic heterocycles. The Kier molecular flexibility index (Phi) is 4.10.